The van der Waals surface area contributed by atoms with Crippen molar-refractivity contribution in [2.75, 3.05) is 18.1 Å². The number of nitrogens with zero attached hydrogens (tertiary/aromatic N) is 4. The van der Waals surface area contributed by atoms with E-state index in [1.54, 1.807) is 4.90 Å². The lowest BCUT2D eigenvalue weighted by Gasteiger charge is -2.46. The van der Waals surface area contributed by atoms with E-state index in [-0.39, 0.29) is 60.5 Å². The molecule has 3 amide bonds. The summed E-state index contributed by atoms with van der Waals surface area (Å²) in [5.41, 5.74) is 6.25. The smallest absolute Gasteiger partial charge is 0.410 e. The molecule has 0 aliphatic carbocycles. The van der Waals surface area contributed by atoms with Gasteiger partial charge in [-0.15, -0.1) is 11.8 Å². The number of ether oxygens (including phenoxy) is 2. The zero-order chi connectivity index (χ0) is 37.0. The van der Waals surface area contributed by atoms with Crippen LogP contribution < -0.4 is 5.73 Å². The standard InChI is InChI=1S/C33H37N5O11S2/c1-18-28-27(19(2)39)31(41)36(28)29(32(42)48-15-20-3-7-22(8-4-20)37(44)45)30(18)51-25-13-24(17-50-12-11-26(34)40)35(14-25)33(43)49-16-21-5-9-23(10-6-21)38(46)47/h3-10,18-19,24-25,27-28,39H,11-17H2,1-2H3,(H2,34,40)/t18-,19-,24+,25+,27-,28-/m1/s1. The van der Waals surface area contributed by atoms with Crippen molar-refractivity contribution in [1.29, 1.82) is 0 Å². The molecule has 3 N–H and O–H groups in total. The van der Waals surface area contributed by atoms with E-state index >= 15 is 0 Å². The largest absolute Gasteiger partial charge is 0.456 e. The Bertz CT molecular complexity index is 1720. The third-order valence-corrected chi connectivity index (χ3v) is 11.6. The summed E-state index contributed by atoms with van der Waals surface area (Å²) >= 11 is 2.83. The third-order valence-electron chi connectivity index (χ3n) is 9.04. The SMILES string of the molecule is C[C@@H](O)[C@H]1C(=O)N2C(C(=O)OCc3ccc([N+](=O)[O-])cc3)=C(S[C@H]3C[C@@H](CSCCC(N)=O)N(C(=O)OCc4ccc([N+](=O)[O-])cc4)C3)[C@H](C)[C@H]12. The maximum atomic E-state index is 13.7. The number of nitro benzene ring substituents is 2. The Morgan fingerprint density at radius 3 is 2.10 bits per heavy atom. The number of β-lactam (4-membered cyclic amide) rings is 1. The number of amides is 3. The van der Waals surface area contributed by atoms with Crippen molar-refractivity contribution in [3.8, 4) is 0 Å². The molecule has 0 saturated carbocycles. The number of non-ortho nitro benzene ring substituents is 2. The summed E-state index contributed by atoms with van der Waals surface area (Å²) in [5, 5.41) is 32.2. The molecule has 6 atom stereocenters. The maximum Gasteiger partial charge on any atom is 0.410 e. The fraction of sp³-hybridized carbons (Fsp3) is 0.455. The van der Waals surface area contributed by atoms with Crippen molar-refractivity contribution in [1.82, 2.24) is 9.80 Å². The van der Waals surface area contributed by atoms with E-state index in [1.165, 1.54) is 83.9 Å². The van der Waals surface area contributed by atoms with Crippen LogP contribution >= 0.6 is 23.5 Å². The van der Waals surface area contributed by atoms with Gasteiger partial charge in [0.05, 0.1) is 27.9 Å². The highest BCUT2D eigenvalue weighted by molar-refractivity contribution is 8.03. The summed E-state index contributed by atoms with van der Waals surface area (Å²) in [6.07, 6.45) is -0.870. The molecule has 2 saturated heterocycles. The van der Waals surface area contributed by atoms with E-state index in [4.69, 9.17) is 15.2 Å². The summed E-state index contributed by atoms with van der Waals surface area (Å²) in [6, 6.07) is 10.4. The Balaban J connectivity index is 1.33. The third kappa shape index (κ3) is 8.45. The number of esters is 1. The minimum Gasteiger partial charge on any atom is -0.456 e. The predicted molar refractivity (Wildman–Crippen MR) is 186 cm³/mol. The highest BCUT2D eigenvalue weighted by Gasteiger charge is 2.60. The lowest BCUT2D eigenvalue weighted by Crippen LogP contribution is -2.63. The Hall–Kier alpha value is -4.68. The quantitative estimate of drug-likeness (QED) is 0.0873. The van der Waals surface area contributed by atoms with Crippen LogP contribution in [0.5, 0.6) is 0 Å². The number of carbonyl (C=O) groups excluding carboxylic acids is 4. The van der Waals surface area contributed by atoms with E-state index in [9.17, 15) is 44.5 Å². The molecule has 0 radical (unpaired) electrons. The fourth-order valence-electron chi connectivity index (χ4n) is 6.45. The van der Waals surface area contributed by atoms with Gasteiger partial charge in [-0.3, -0.25) is 29.8 Å². The molecule has 18 heteroatoms. The number of hydrogen-bond donors (Lipinski definition) is 2. The molecule has 2 aromatic rings. The zero-order valence-corrected chi connectivity index (χ0v) is 29.4. The van der Waals surface area contributed by atoms with Gasteiger partial charge in [0, 0.05) is 70.9 Å². The van der Waals surface area contributed by atoms with Crippen molar-refractivity contribution in [3.63, 3.8) is 0 Å². The van der Waals surface area contributed by atoms with Gasteiger partial charge in [-0.25, -0.2) is 9.59 Å². The highest BCUT2D eigenvalue weighted by Crippen LogP contribution is 2.52. The number of nitro groups is 2. The molecule has 2 fully saturated rings. The molecule has 272 valence electrons. The zero-order valence-electron chi connectivity index (χ0n) is 27.7. The summed E-state index contributed by atoms with van der Waals surface area (Å²) in [4.78, 5) is 76.1. The Morgan fingerprint density at radius 1 is 1.00 bits per heavy atom. The van der Waals surface area contributed by atoms with Gasteiger partial charge in [0.2, 0.25) is 11.8 Å². The van der Waals surface area contributed by atoms with Gasteiger partial charge in [0.1, 0.15) is 18.9 Å². The number of benzene rings is 2. The van der Waals surface area contributed by atoms with Crippen molar-refractivity contribution in [3.05, 3.63) is 90.5 Å². The van der Waals surface area contributed by atoms with E-state index in [1.807, 2.05) is 6.92 Å². The average molecular weight is 744 g/mol. The lowest BCUT2D eigenvalue weighted by molar-refractivity contribution is -0.385. The van der Waals surface area contributed by atoms with Gasteiger partial charge in [-0.1, -0.05) is 6.92 Å². The first kappa shape index (κ1) is 37.6. The van der Waals surface area contributed by atoms with Gasteiger partial charge in [-0.05, 0) is 48.7 Å². The van der Waals surface area contributed by atoms with Crippen LogP contribution in [0.1, 0.15) is 37.8 Å². The number of thioether (sulfide) groups is 2. The second-order valence-electron chi connectivity index (χ2n) is 12.5. The molecule has 3 aliphatic rings. The number of likely N-dealkylation sites (tertiary alicyclic amines) is 1. The topological polar surface area (TPSA) is 226 Å². The molecule has 3 heterocycles. The molecule has 5 rings (SSSR count). The maximum absolute atomic E-state index is 13.7. The first-order chi connectivity index (χ1) is 24.3. The number of primary amides is 1. The Kier molecular flexibility index (Phi) is 11.9. The number of aliphatic hydroxyl groups excluding tert-OH is 1. The summed E-state index contributed by atoms with van der Waals surface area (Å²) in [6.45, 7) is 3.34. The van der Waals surface area contributed by atoms with Crippen LogP contribution in [0.15, 0.2) is 59.1 Å². The van der Waals surface area contributed by atoms with Gasteiger partial charge in [0.25, 0.3) is 11.4 Å². The summed E-state index contributed by atoms with van der Waals surface area (Å²) in [7, 11) is 0. The van der Waals surface area contributed by atoms with Gasteiger partial charge < -0.3 is 30.1 Å². The molecule has 0 bridgehead atoms. The molecule has 2 aromatic carbocycles. The average Bonchev–Trinajstić information content (AvgIpc) is 3.60. The molecule has 0 spiro atoms. The Morgan fingerprint density at radius 2 is 1.57 bits per heavy atom. The molecule has 3 aliphatic heterocycles. The number of carbonyl (C=O) groups is 4. The van der Waals surface area contributed by atoms with E-state index in [0.717, 1.165) is 0 Å². The highest BCUT2D eigenvalue weighted by atomic mass is 32.2. The van der Waals surface area contributed by atoms with Crippen molar-refractivity contribution in [2.24, 2.45) is 17.6 Å². The lowest BCUT2D eigenvalue weighted by atomic mass is 9.79. The number of rotatable bonds is 15. The summed E-state index contributed by atoms with van der Waals surface area (Å²) in [5.74, 6) is -1.69. The molecule has 0 unspecified atom stereocenters. The normalized spacial score (nSPS) is 23.0. The van der Waals surface area contributed by atoms with Gasteiger partial charge in [0.15, 0.2) is 0 Å². The summed E-state index contributed by atoms with van der Waals surface area (Å²) < 4.78 is 11.2. The molecule has 0 aromatic heterocycles. The van der Waals surface area contributed by atoms with Gasteiger partial charge in [-0.2, -0.15) is 11.8 Å². The van der Waals surface area contributed by atoms with Crippen LogP contribution in [0, 0.1) is 32.1 Å². The monoisotopic (exact) mass is 743 g/mol. The number of fused-ring (bicyclic) bond motifs is 1. The first-order valence-corrected chi connectivity index (χ1v) is 18.1. The number of hydrogen-bond acceptors (Lipinski definition) is 13. The van der Waals surface area contributed by atoms with Crippen molar-refractivity contribution >= 4 is 58.8 Å². The van der Waals surface area contributed by atoms with E-state index < -0.39 is 51.8 Å². The molecular weight excluding hydrogens is 707 g/mol. The van der Waals surface area contributed by atoms with Crippen LogP contribution in [0.25, 0.3) is 0 Å². The van der Waals surface area contributed by atoms with E-state index in [2.05, 4.69) is 0 Å². The number of nitrogens with two attached hydrogens (primary N) is 1. The first-order valence-electron chi connectivity index (χ1n) is 16.1. The fourth-order valence-corrected chi connectivity index (χ4v) is 9.11. The van der Waals surface area contributed by atoms with Crippen LogP contribution in [0.4, 0.5) is 16.2 Å². The van der Waals surface area contributed by atoms with E-state index in [0.29, 0.717) is 34.0 Å². The predicted octanol–water partition coefficient (Wildman–Crippen LogP) is 3.74. The Labute approximate surface area is 301 Å². The van der Waals surface area contributed by atoms with Gasteiger partial charge >= 0.3 is 12.1 Å². The minimum absolute atomic E-state index is 0.0768. The van der Waals surface area contributed by atoms with Crippen molar-refractivity contribution < 1.29 is 43.6 Å². The van der Waals surface area contributed by atoms with Crippen LogP contribution in [-0.2, 0) is 37.1 Å². The molecule has 51 heavy (non-hydrogen) atoms. The van der Waals surface area contributed by atoms with Crippen LogP contribution in [0.2, 0.25) is 0 Å². The molecular formula is C33H37N5O11S2. The van der Waals surface area contributed by atoms with Crippen molar-refractivity contribution in [2.45, 2.75) is 63.3 Å². The second-order valence-corrected chi connectivity index (χ2v) is 15.0. The van der Waals surface area contributed by atoms with Crippen LogP contribution in [-0.4, -0.2) is 90.1 Å². The second kappa shape index (κ2) is 16.1. The molecule has 16 nitrogen and oxygen atoms in total. The number of aliphatic hydroxyl groups is 1. The minimum atomic E-state index is -0.947. The van der Waals surface area contributed by atoms with Crippen LogP contribution in [0.3, 0.4) is 0 Å².